The van der Waals surface area contributed by atoms with Gasteiger partial charge in [-0.3, -0.25) is 14.6 Å². The maximum Gasteiger partial charge on any atom is 0.212 e. The molecule has 0 radical (unpaired) electrons. The maximum absolute atomic E-state index is 12.6. The molecule has 0 unspecified atom stereocenters. The van der Waals surface area contributed by atoms with Crippen LogP contribution in [0.2, 0.25) is 0 Å². The molecule has 0 aliphatic carbocycles. The largest absolute Gasteiger partial charge is 0.289 e. The maximum atomic E-state index is 12.6. The van der Waals surface area contributed by atoms with E-state index in [0.29, 0.717) is 22.4 Å². The van der Waals surface area contributed by atoms with Crippen molar-refractivity contribution in [1.29, 1.82) is 0 Å². The molecule has 0 N–H and O–H groups in total. The average molecular weight is 287 g/mol. The van der Waals surface area contributed by atoms with Crippen LogP contribution in [0.4, 0.5) is 0 Å². The van der Waals surface area contributed by atoms with Crippen LogP contribution in [0.15, 0.2) is 79.0 Å². The van der Waals surface area contributed by atoms with Gasteiger partial charge in [0, 0.05) is 22.9 Å². The first kappa shape index (κ1) is 13.9. The van der Waals surface area contributed by atoms with E-state index in [1.807, 2.05) is 6.07 Å². The minimum Gasteiger partial charge on any atom is -0.289 e. The fourth-order valence-electron chi connectivity index (χ4n) is 2.26. The van der Waals surface area contributed by atoms with Crippen LogP contribution >= 0.6 is 0 Å². The van der Waals surface area contributed by atoms with E-state index < -0.39 is 0 Å². The number of benzene rings is 2. The highest BCUT2D eigenvalue weighted by Crippen LogP contribution is 2.17. The summed E-state index contributed by atoms with van der Waals surface area (Å²) >= 11 is 0. The monoisotopic (exact) mass is 287 g/mol. The molecule has 0 amide bonds. The fraction of sp³-hybridized carbons (Fsp3) is 0. The van der Waals surface area contributed by atoms with Gasteiger partial charge in [-0.05, 0) is 12.1 Å². The van der Waals surface area contributed by atoms with Crippen LogP contribution in [-0.2, 0) is 0 Å². The minimum absolute atomic E-state index is 0.166. The molecular weight excluding hydrogens is 274 g/mol. The van der Waals surface area contributed by atoms with Crippen LogP contribution in [0.25, 0.3) is 0 Å². The molecule has 3 rings (SSSR count). The Labute approximate surface area is 128 Å². The Kier molecular flexibility index (Phi) is 3.88. The normalized spacial score (nSPS) is 10.2. The van der Waals surface area contributed by atoms with Gasteiger partial charge in [-0.25, -0.2) is 0 Å². The summed E-state index contributed by atoms with van der Waals surface area (Å²) in [4.78, 5) is 29.3. The lowest BCUT2D eigenvalue weighted by molar-refractivity contribution is 0.100. The number of ketones is 2. The first-order valence-electron chi connectivity index (χ1n) is 6.92. The fourth-order valence-corrected chi connectivity index (χ4v) is 2.26. The quantitative estimate of drug-likeness (QED) is 0.689. The van der Waals surface area contributed by atoms with Gasteiger partial charge >= 0.3 is 0 Å². The number of pyridine rings is 1. The Hall–Kier alpha value is -3.07. The Morgan fingerprint density at radius 3 is 1.86 bits per heavy atom. The highest BCUT2D eigenvalue weighted by atomic mass is 16.1. The minimum atomic E-state index is -0.250. The molecule has 0 spiro atoms. The van der Waals surface area contributed by atoms with E-state index in [9.17, 15) is 9.59 Å². The molecule has 1 heterocycles. The number of nitrogens with zero attached hydrogens (tertiary/aromatic N) is 1. The van der Waals surface area contributed by atoms with E-state index in [1.165, 1.54) is 0 Å². The van der Waals surface area contributed by atoms with Gasteiger partial charge in [-0.1, -0.05) is 60.7 Å². The van der Waals surface area contributed by atoms with Crippen LogP contribution < -0.4 is 0 Å². The predicted octanol–water partition coefficient (Wildman–Crippen LogP) is 3.54. The summed E-state index contributed by atoms with van der Waals surface area (Å²) in [6.45, 7) is 0. The molecule has 0 saturated carbocycles. The third-order valence-electron chi connectivity index (χ3n) is 3.35. The third kappa shape index (κ3) is 2.69. The zero-order valence-corrected chi connectivity index (χ0v) is 11.8. The van der Waals surface area contributed by atoms with Crippen molar-refractivity contribution >= 4 is 11.6 Å². The molecule has 0 saturated heterocycles. The average Bonchev–Trinajstić information content (AvgIpc) is 2.62. The molecule has 106 valence electrons. The molecule has 0 atom stereocenters. The summed E-state index contributed by atoms with van der Waals surface area (Å²) in [6.07, 6.45) is 1.56. The Morgan fingerprint density at radius 1 is 0.636 bits per heavy atom. The van der Waals surface area contributed by atoms with Gasteiger partial charge in [0.15, 0.2) is 5.78 Å². The first-order valence-corrected chi connectivity index (χ1v) is 6.92. The lowest BCUT2D eigenvalue weighted by atomic mass is 9.95. The smallest absolute Gasteiger partial charge is 0.212 e. The molecule has 3 nitrogen and oxygen atoms in total. The standard InChI is InChI=1S/C19H13NO2/c21-18(14-8-2-1-3-9-14)15-10-4-5-11-16(15)19(22)17-12-6-7-13-20-17/h1-13H. The number of aromatic nitrogens is 1. The van der Waals surface area contributed by atoms with Gasteiger partial charge in [-0.2, -0.15) is 0 Å². The molecule has 3 heteroatoms. The van der Waals surface area contributed by atoms with Crippen molar-refractivity contribution in [2.45, 2.75) is 0 Å². The topological polar surface area (TPSA) is 47.0 Å². The number of hydrogen-bond donors (Lipinski definition) is 0. The number of carbonyl (C=O) groups is 2. The molecular formula is C19H13NO2. The van der Waals surface area contributed by atoms with Crippen molar-refractivity contribution in [1.82, 2.24) is 4.98 Å². The van der Waals surface area contributed by atoms with Crippen molar-refractivity contribution in [2.24, 2.45) is 0 Å². The number of carbonyl (C=O) groups excluding carboxylic acids is 2. The Balaban J connectivity index is 2.04. The van der Waals surface area contributed by atoms with Gasteiger partial charge < -0.3 is 0 Å². The molecule has 2 aromatic carbocycles. The van der Waals surface area contributed by atoms with E-state index in [4.69, 9.17) is 0 Å². The number of rotatable bonds is 4. The summed E-state index contributed by atoms with van der Waals surface area (Å²) in [5.74, 6) is -0.416. The van der Waals surface area contributed by atoms with Gasteiger partial charge in [0.1, 0.15) is 5.69 Å². The Bertz CT molecular complexity index is 741. The second-order valence-corrected chi connectivity index (χ2v) is 4.78. The molecule has 3 aromatic rings. The van der Waals surface area contributed by atoms with Gasteiger partial charge in [-0.15, -0.1) is 0 Å². The lowest BCUT2D eigenvalue weighted by Gasteiger charge is -2.07. The molecule has 1 aromatic heterocycles. The second-order valence-electron chi connectivity index (χ2n) is 4.78. The molecule has 0 fully saturated rings. The van der Waals surface area contributed by atoms with E-state index >= 15 is 0 Å². The summed E-state index contributed by atoms with van der Waals surface area (Å²) in [6, 6.07) is 20.9. The van der Waals surface area contributed by atoms with Gasteiger partial charge in [0.2, 0.25) is 5.78 Å². The third-order valence-corrected chi connectivity index (χ3v) is 3.35. The summed E-state index contributed by atoms with van der Waals surface area (Å²) < 4.78 is 0. The van der Waals surface area contributed by atoms with Crippen LogP contribution in [0.3, 0.4) is 0 Å². The molecule has 0 aliphatic heterocycles. The van der Waals surface area contributed by atoms with E-state index in [1.54, 1.807) is 72.9 Å². The SMILES string of the molecule is O=C(c1ccccc1)c1ccccc1C(=O)c1ccccn1. The van der Waals surface area contributed by atoms with Gasteiger partial charge in [0.25, 0.3) is 0 Å². The van der Waals surface area contributed by atoms with Crippen LogP contribution in [0.5, 0.6) is 0 Å². The molecule has 22 heavy (non-hydrogen) atoms. The van der Waals surface area contributed by atoms with Crippen molar-refractivity contribution in [3.8, 4) is 0 Å². The summed E-state index contributed by atoms with van der Waals surface area (Å²) in [7, 11) is 0. The van der Waals surface area contributed by atoms with Crippen molar-refractivity contribution < 1.29 is 9.59 Å². The molecule has 0 bridgehead atoms. The first-order chi connectivity index (χ1) is 10.8. The summed E-state index contributed by atoms with van der Waals surface area (Å²) in [5.41, 5.74) is 1.65. The van der Waals surface area contributed by atoms with Gasteiger partial charge in [0.05, 0.1) is 0 Å². The highest BCUT2D eigenvalue weighted by molar-refractivity contribution is 6.19. The second kappa shape index (κ2) is 6.14. The van der Waals surface area contributed by atoms with E-state index in [0.717, 1.165) is 0 Å². The lowest BCUT2D eigenvalue weighted by Crippen LogP contribution is -2.11. The van der Waals surface area contributed by atoms with Crippen LogP contribution in [0, 0.1) is 0 Å². The molecule has 0 aliphatic rings. The van der Waals surface area contributed by atoms with E-state index in [-0.39, 0.29) is 11.6 Å². The van der Waals surface area contributed by atoms with E-state index in [2.05, 4.69) is 4.98 Å². The summed E-state index contributed by atoms with van der Waals surface area (Å²) in [5, 5.41) is 0. The van der Waals surface area contributed by atoms with Crippen molar-refractivity contribution in [3.05, 3.63) is 101 Å². The van der Waals surface area contributed by atoms with Crippen molar-refractivity contribution in [2.75, 3.05) is 0 Å². The zero-order valence-electron chi connectivity index (χ0n) is 11.8. The van der Waals surface area contributed by atoms with Crippen LogP contribution in [-0.4, -0.2) is 16.6 Å². The number of hydrogen-bond acceptors (Lipinski definition) is 3. The highest BCUT2D eigenvalue weighted by Gasteiger charge is 2.19. The Morgan fingerprint density at radius 2 is 1.23 bits per heavy atom. The van der Waals surface area contributed by atoms with Crippen LogP contribution in [0.1, 0.15) is 32.0 Å². The predicted molar refractivity (Wildman–Crippen MR) is 84.0 cm³/mol. The zero-order chi connectivity index (χ0) is 15.4. The van der Waals surface area contributed by atoms with Crippen molar-refractivity contribution in [3.63, 3.8) is 0 Å².